The van der Waals surface area contributed by atoms with E-state index in [2.05, 4.69) is 5.32 Å². The zero-order valence-corrected chi connectivity index (χ0v) is 15.3. The summed E-state index contributed by atoms with van der Waals surface area (Å²) in [5.41, 5.74) is 1.47. The van der Waals surface area contributed by atoms with E-state index in [4.69, 9.17) is 16.3 Å². The number of fused-ring (bicyclic) bond motifs is 2. The van der Waals surface area contributed by atoms with Crippen LogP contribution >= 0.6 is 11.6 Å². The van der Waals surface area contributed by atoms with Crippen molar-refractivity contribution in [2.75, 3.05) is 11.9 Å². The van der Waals surface area contributed by atoms with Crippen LogP contribution in [0.15, 0.2) is 66.7 Å². The molecule has 6 heteroatoms. The Kier molecular flexibility index (Phi) is 4.67. The van der Waals surface area contributed by atoms with Gasteiger partial charge < -0.3 is 10.1 Å². The van der Waals surface area contributed by atoms with E-state index in [1.54, 1.807) is 66.7 Å². The summed E-state index contributed by atoms with van der Waals surface area (Å²) < 4.78 is 5.42. The number of hydrogen-bond acceptors (Lipinski definition) is 4. The Labute approximate surface area is 165 Å². The predicted octanol–water partition coefficient (Wildman–Crippen LogP) is 4.13. The van der Waals surface area contributed by atoms with E-state index in [0.29, 0.717) is 21.9 Å². The van der Waals surface area contributed by atoms with Crippen molar-refractivity contribution < 1.29 is 19.1 Å². The van der Waals surface area contributed by atoms with E-state index < -0.39 is 5.91 Å². The maximum atomic E-state index is 12.9. The van der Waals surface area contributed by atoms with Crippen molar-refractivity contribution in [2.45, 2.75) is 0 Å². The highest BCUT2D eigenvalue weighted by Gasteiger charge is 2.31. The van der Waals surface area contributed by atoms with Crippen LogP contribution in [0.5, 0.6) is 5.75 Å². The number of anilines is 1. The largest absolute Gasteiger partial charge is 0.484 e. The third kappa shape index (κ3) is 3.28. The molecule has 0 aliphatic heterocycles. The minimum Gasteiger partial charge on any atom is -0.484 e. The van der Waals surface area contributed by atoms with Crippen LogP contribution < -0.4 is 10.1 Å². The van der Waals surface area contributed by atoms with E-state index in [1.807, 2.05) is 0 Å². The molecule has 0 saturated carbocycles. The van der Waals surface area contributed by atoms with Crippen molar-refractivity contribution in [1.29, 1.82) is 0 Å². The number of benzene rings is 3. The van der Waals surface area contributed by atoms with Crippen molar-refractivity contribution in [3.05, 3.63) is 94.0 Å². The second-order valence-electron chi connectivity index (χ2n) is 6.22. The molecule has 3 aromatic carbocycles. The van der Waals surface area contributed by atoms with Gasteiger partial charge in [0, 0.05) is 21.7 Å². The van der Waals surface area contributed by atoms with Gasteiger partial charge >= 0.3 is 0 Å². The first-order valence-corrected chi connectivity index (χ1v) is 8.92. The van der Waals surface area contributed by atoms with Crippen LogP contribution in [-0.2, 0) is 4.79 Å². The Morgan fingerprint density at radius 2 is 1.46 bits per heavy atom. The first kappa shape index (κ1) is 17.9. The van der Waals surface area contributed by atoms with Crippen LogP contribution in [-0.4, -0.2) is 24.1 Å². The highest BCUT2D eigenvalue weighted by atomic mass is 35.5. The van der Waals surface area contributed by atoms with Crippen molar-refractivity contribution in [2.24, 2.45) is 0 Å². The van der Waals surface area contributed by atoms with Crippen LogP contribution in [0.25, 0.3) is 0 Å². The van der Waals surface area contributed by atoms with Gasteiger partial charge in [-0.25, -0.2) is 0 Å². The van der Waals surface area contributed by atoms with Gasteiger partial charge in [-0.15, -0.1) is 0 Å². The molecule has 0 spiro atoms. The summed E-state index contributed by atoms with van der Waals surface area (Å²) in [6, 6.07) is 18.1. The lowest BCUT2D eigenvalue weighted by Gasteiger charge is -2.20. The molecule has 0 radical (unpaired) electrons. The Hall–Kier alpha value is -3.44. The molecule has 0 bridgehead atoms. The molecule has 28 heavy (non-hydrogen) atoms. The Morgan fingerprint density at radius 3 is 2.18 bits per heavy atom. The number of nitrogens with one attached hydrogen (secondary N) is 1. The molecule has 5 nitrogen and oxygen atoms in total. The number of ketones is 2. The first-order valence-electron chi connectivity index (χ1n) is 8.54. The summed E-state index contributed by atoms with van der Waals surface area (Å²) in [6.45, 7) is -0.246. The second kappa shape index (κ2) is 7.29. The summed E-state index contributed by atoms with van der Waals surface area (Å²) in [7, 11) is 0. The molecule has 0 saturated heterocycles. The maximum absolute atomic E-state index is 12.9. The lowest BCUT2D eigenvalue weighted by molar-refractivity contribution is -0.118. The van der Waals surface area contributed by atoms with E-state index in [0.717, 1.165) is 0 Å². The summed E-state index contributed by atoms with van der Waals surface area (Å²) in [6.07, 6.45) is 0. The number of halogens is 1. The standard InChI is InChI=1S/C22H14ClNO4/c23-13-8-10-14(11-9-13)28-12-19(25)24-18-7-3-6-17-20(18)22(27)16-5-2-1-4-15(16)21(17)26/h1-11H,12H2,(H,24,25). The SMILES string of the molecule is O=C(COc1ccc(Cl)cc1)Nc1cccc2c1C(=O)c1ccccc1C2=O. The van der Waals surface area contributed by atoms with Gasteiger partial charge in [0.15, 0.2) is 18.2 Å². The third-order valence-electron chi connectivity index (χ3n) is 4.41. The van der Waals surface area contributed by atoms with Crippen LogP contribution in [0.4, 0.5) is 5.69 Å². The lowest BCUT2D eigenvalue weighted by atomic mass is 9.83. The predicted molar refractivity (Wildman–Crippen MR) is 105 cm³/mol. The number of carbonyl (C=O) groups is 3. The fourth-order valence-electron chi connectivity index (χ4n) is 3.12. The van der Waals surface area contributed by atoms with Gasteiger partial charge in [0.05, 0.1) is 11.3 Å². The average molecular weight is 392 g/mol. The monoisotopic (exact) mass is 391 g/mol. The van der Waals surface area contributed by atoms with Gasteiger partial charge in [0.25, 0.3) is 5.91 Å². The average Bonchev–Trinajstić information content (AvgIpc) is 2.71. The fraction of sp³-hybridized carbons (Fsp3) is 0.0455. The van der Waals surface area contributed by atoms with Crippen LogP contribution in [0.2, 0.25) is 5.02 Å². The fourth-order valence-corrected chi connectivity index (χ4v) is 3.24. The topological polar surface area (TPSA) is 72.5 Å². The third-order valence-corrected chi connectivity index (χ3v) is 4.66. The Bertz CT molecular complexity index is 1110. The zero-order chi connectivity index (χ0) is 19.7. The van der Waals surface area contributed by atoms with Crippen LogP contribution in [0.3, 0.4) is 0 Å². The smallest absolute Gasteiger partial charge is 0.262 e. The number of carbonyl (C=O) groups excluding carboxylic acids is 3. The first-order chi connectivity index (χ1) is 13.5. The molecule has 4 rings (SSSR count). The molecule has 1 aliphatic carbocycles. The maximum Gasteiger partial charge on any atom is 0.262 e. The van der Waals surface area contributed by atoms with Crippen molar-refractivity contribution in [3.8, 4) is 5.75 Å². The number of hydrogen-bond donors (Lipinski definition) is 1. The van der Waals surface area contributed by atoms with Crippen LogP contribution in [0, 0.1) is 0 Å². The van der Waals surface area contributed by atoms with Gasteiger partial charge in [0.2, 0.25) is 0 Å². The molecule has 0 unspecified atom stereocenters. The molecule has 0 fully saturated rings. The number of amides is 1. The van der Waals surface area contributed by atoms with Gasteiger partial charge in [-0.3, -0.25) is 14.4 Å². The van der Waals surface area contributed by atoms with Crippen molar-refractivity contribution in [1.82, 2.24) is 0 Å². The molecule has 3 aromatic rings. The van der Waals surface area contributed by atoms with E-state index in [1.165, 1.54) is 0 Å². The molecule has 138 valence electrons. The molecule has 1 amide bonds. The van der Waals surface area contributed by atoms with Gasteiger partial charge in [-0.1, -0.05) is 48.0 Å². The zero-order valence-electron chi connectivity index (χ0n) is 14.6. The molecular weight excluding hydrogens is 378 g/mol. The van der Waals surface area contributed by atoms with Gasteiger partial charge in [0.1, 0.15) is 5.75 Å². The van der Waals surface area contributed by atoms with E-state index in [9.17, 15) is 14.4 Å². The Balaban J connectivity index is 1.56. The summed E-state index contributed by atoms with van der Waals surface area (Å²) >= 11 is 5.82. The minimum atomic E-state index is -0.442. The molecule has 1 N–H and O–H groups in total. The second-order valence-corrected chi connectivity index (χ2v) is 6.66. The highest BCUT2D eigenvalue weighted by Crippen LogP contribution is 2.31. The summed E-state index contributed by atoms with van der Waals surface area (Å²) in [4.78, 5) is 38.0. The summed E-state index contributed by atoms with van der Waals surface area (Å²) in [5.74, 6) is -0.476. The van der Waals surface area contributed by atoms with Crippen LogP contribution in [0.1, 0.15) is 31.8 Å². The quantitative estimate of drug-likeness (QED) is 0.567. The lowest BCUT2D eigenvalue weighted by Crippen LogP contribution is -2.25. The Morgan fingerprint density at radius 1 is 0.821 bits per heavy atom. The molecular formula is C22H14ClNO4. The van der Waals surface area contributed by atoms with E-state index >= 15 is 0 Å². The molecule has 0 heterocycles. The van der Waals surface area contributed by atoms with E-state index in [-0.39, 0.29) is 35.0 Å². The number of ether oxygens (including phenoxy) is 1. The normalized spacial score (nSPS) is 12.2. The minimum absolute atomic E-state index is 0.200. The molecule has 0 aromatic heterocycles. The van der Waals surface area contributed by atoms with Gasteiger partial charge in [-0.2, -0.15) is 0 Å². The molecule has 0 atom stereocenters. The highest BCUT2D eigenvalue weighted by molar-refractivity contribution is 6.31. The van der Waals surface area contributed by atoms with Crippen molar-refractivity contribution >= 4 is 34.8 Å². The van der Waals surface area contributed by atoms with Gasteiger partial charge in [-0.05, 0) is 30.3 Å². The number of rotatable bonds is 4. The summed E-state index contributed by atoms with van der Waals surface area (Å²) in [5, 5.41) is 3.24. The van der Waals surface area contributed by atoms with Crippen molar-refractivity contribution in [3.63, 3.8) is 0 Å². The molecule has 1 aliphatic rings.